The molecule has 1 aliphatic rings. The Morgan fingerprint density at radius 1 is 1.47 bits per heavy atom. The van der Waals surface area contributed by atoms with E-state index in [9.17, 15) is 4.79 Å². The van der Waals surface area contributed by atoms with Crippen molar-refractivity contribution >= 4 is 35.2 Å². The highest BCUT2D eigenvalue weighted by atomic mass is 35.5. The topological polar surface area (TPSA) is 37.8 Å². The molecule has 2 aromatic rings. The molecule has 0 aliphatic heterocycles. The van der Waals surface area contributed by atoms with Gasteiger partial charge in [0.1, 0.15) is 4.64 Å². The summed E-state index contributed by atoms with van der Waals surface area (Å²) in [5.74, 6) is 0. The predicted octanol–water partition coefficient (Wildman–Crippen LogP) is 3.62. The lowest BCUT2D eigenvalue weighted by Gasteiger charge is -2.09. The molecule has 0 bridgehead atoms. The number of hydrogen-bond donors (Lipinski definition) is 1. The van der Waals surface area contributed by atoms with Crippen molar-refractivity contribution in [2.24, 2.45) is 0 Å². The van der Waals surface area contributed by atoms with Gasteiger partial charge in [0, 0.05) is 6.04 Å². The minimum absolute atomic E-state index is 0.125. The second-order valence-corrected chi connectivity index (χ2v) is 6.18. The first-order chi connectivity index (χ1) is 8.15. The molecule has 3 nitrogen and oxygen atoms in total. The van der Waals surface area contributed by atoms with Crippen LogP contribution in [0.5, 0.6) is 0 Å². The molecule has 2 aromatic heterocycles. The standard InChI is InChI=1S/C11H9ClN2OS2/c12-9-4-3-8(17-9)7-5-10(16)13-11(15)14(7)6-1-2-6/h3-6H,1-2H2,(H,13,15,16). The van der Waals surface area contributed by atoms with Crippen molar-refractivity contribution in [1.29, 1.82) is 0 Å². The molecular formula is C11H9ClN2OS2. The molecule has 88 valence electrons. The average molecular weight is 285 g/mol. The number of thiophene rings is 1. The van der Waals surface area contributed by atoms with Crippen LogP contribution in [-0.2, 0) is 0 Å². The summed E-state index contributed by atoms with van der Waals surface area (Å²) in [5.41, 5.74) is 0.748. The Morgan fingerprint density at radius 3 is 2.82 bits per heavy atom. The first-order valence-corrected chi connectivity index (χ1v) is 6.87. The summed E-state index contributed by atoms with van der Waals surface area (Å²) in [6, 6.07) is 5.90. The first kappa shape index (κ1) is 11.2. The molecule has 6 heteroatoms. The molecule has 1 fully saturated rings. The largest absolute Gasteiger partial charge is 0.327 e. The van der Waals surface area contributed by atoms with Crippen LogP contribution in [0.25, 0.3) is 10.6 Å². The summed E-state index contributed by atoms with van der Waals surface area (Å²) in [6.45, 7) is 0. The summed E-state index contributed by atoms with van der Waals surface area (Å²) < 4.78 is 2.97. The first-order valence-electron chi connectivity index (χ1n) is 5.27. The normalized spacial score (nSPS) is 15.1. The van der Waals surface area contributed by atoms with E-state index in [1.165, 1.54) is 11.3 Å². The quantitative estimate of drug-likeness (QED) is 0.855. The van der Waals surface area contributed by atoms with E-state index in [0.717, 1.165) is 23.4 Å². The maximum atomic E-state index is 11.9. The van der Waals surface area contributed by atoms with Crippen LogP contribution in [0.1, 0.15) is 18.9 Å². The Hall–Kier alpha value is -0.910. The minimum Gasteiger partial charge on any atom is -0.298 e. The van der Waals surface area contributed by atoms with Crippen LogP contribution in [0.4, 0.5) is 0 Å². The van der Waals surface area contributed by atoms with Gasteiger partial charge >= 0.3 is 5.69 Å². The highest BCUT2D eigenvalue weighted by Crippen LogP contribution is 2.38. The second kappa shape index (κ2) is 4.08. The van der Waals surface area contributed by atoms with Crippen LogP contribution in [-0.4, -0.2) is 9.55 Å². The Bertz CT molecular complexity index is 681. The van der Waals surface area contributed by atoms with Gasteiger partial charge < -0.3 is 0 Å². The van der Waals surface area contributed by atoms with Gasteiger partial charge in [0.15, 0.2) is 0 Å². The van der Waals surface area contributed by atoms with Gasteiger partial charge in [-0.05, 0) is 31.0 Å². The third-order valence-electron chi connectivity index (χ3n) is 2.71. The summed E-state index contributed by atoms with van der Waals surface area (Å²) in [5, 5.41) is 0. The number of H-pyrrole nitrogens is 1. The van der Waals surface area contributed by atoms with Crippen LogP contribution >= 0.6 is 35.2 Å². The third-order valence-corrected chi connectivity index (χ3v) is 4.19. The van der Waals surface area contributed by atoms with Crippen LogP contribution in [0.3, 0.4) is 0 Å². The minimum atomic E-state index is -0.125. The number of halogens is 1. The van der Waals surface area contributed by atoms with E-state index in [1.54, 1.807) is 4.57 Å². The van der Waals surface area contributed by atoms with Gasteiger partial charge in [0.25, 0.3) is 0 Å². The summed E-state index contributed by atoms with van der Waals surface area (Å²) >= 11 is 12.5. The van der Waals surface area contributed by atoms with Crippen LogP contribution < -0.4 is 5.69 Å². The number of aromatic nitrogens is 2. The molecule has 3 rings (SSSR count). The molecule has 0 aromatic carbocycles. The van der Waals surface area contributed by atoms with Crippen LogP contribution in [0.15, 0.2) is 23.0 Å². The van der Waals surface area contributed by atoms with Crippen molar-refractivity contribution in [3.8, 4) is 10.6 Å². The Labute approximate surface area is 112 Å². The van der Waals surface area contributed by atoms with E-state index >= 15 is 0 Å². The molecule has 0 radical (unpaired) electrons. The smallest absolute Gasteiger partial charge is 0.298 e. The molecule has 0 amide bonds. The van der Waals surface area contributed by atoms with Crippen molar-refractivity contribution in [1.82, 2.24) is 9.55 Å². The molecular weight excluding hydrogens is 276 g/mol. The Kier molecular flexibility index (Phi) is 2.69. The summed E-state index contributed by atoms with van der Waals surface area (Å²) in [4.78, 5) is 15.6. The van der Waals surface area contributed by atoms with E-state index in [2.05, 4.69) is 4.98 Å². The third kappa shape index (κ3) is 2.10. The molecule has 17 heavy (non-hydrogen) atoms. The number of nitrogens with zero attached hydrogens (tertiary/aromatic N) is 1. The molecule has 1 saturated carbocycles. The highest BCUT2D eigenvalue weighted by Gasteiger charge is 2.27. The summed E-state index contributed by atoms with van der Waals surface area (Å²) in [7, 11) is 0. The van der Waals surface area contributed by atoms with Crippen molar-refractivity contribution < 1.29 is 0 Å². The highest BCUT2D eigenvalue weighted by molar-refractivity contribution is 7.71. The van der Waals surface area contributed by atoms with Crippen LogP contribution in [0.2, 0.25) is 4.34 Å². The molecule has 0 saturated heterocycles. The van der Waals surface area contributed by atoms with Crippen molar-refractivity contribution in [2.75, 3.05) is 0 Å². The average Bonchev–Trinajstić information content (AvgIpc) is 2.99. The lowest BCUT2D eigenvalue weighted by atomic mass is 10.3. The predicted molar refractivity (Wildman–Crippen MR) is 72.5 cm³/mol. The number of aromatic amines is 1. The molecule has 1 N–H and O–H groups in total. The Balaban J connectivity index is 2.27. The number of hydrogen-bond acceptors (Lipinski definition) is 3. The maximum Gasteiger partial charge on any atom is 0.327 e. The molecule has 1 aliphatic carbocycles. The van der Waals surface area contributed by atoms with Gasteiger partial charge in [0.2, 0.25) is 0 Å². The van der Waals surface area contributed by atoms with E-state index in [-0.39, 0.29) is 5.69 Å². The van der Waals surface area contributed by atoms with E-state index in [0.29, 0.717) is 15.0 Å². The van der Waals surface area contributed by atoms with Gasteiger partial charge in [-0.3, -0.25) is 9.55 Å². The van der Waals surface area contributed by atoms with Crippen molar-refractivity contribution in [3.63, 3.8) is 0 Å². The number of nitrogens with one attached hydrogen (secondary N) is 1. The summed E-state index contributed by atoms with van der Waals surface area (Å²) in [6.07, 6.45) is 2.10. The van der Waals surface area contributed by atoms with E-state index in [4.69, 9.17) is 23.8 Å². The van der Waals surface area contributed by atoms with E-state index < -0.39 is 0 Å². The van der Waals surface area contributed by atoms with Gasteiger partial charge in [-0.1, -0.05) is 23.8 Å². The second-order valence-electron chi connectivity index (χ2n) is 4.03. The van der Waals surface area contributed by atoms with E-state index in [1.807, 2.05) is 18.2 Å². The zero-order valence-electron chi connectivity index (χ0n) is 8.77. The van der Waals surface area contributed by atoms with Gasteiger partial charge in [-0.25, -0.2) is 4.79 Å². The lowest BCUT2D eigenvalue weighted by molar-refractivity contribution is 0.688. The zero-order chi connectivity index (χ0) is 12.0. The van der Waals surface area contributed by atoms with Crippen molar-refractivity contribution in [2.45, 2.75) is 18.9 Å². The SMILES string of the molecule is O=c1[nH]c(=S)cc(-c2ccc(Cl)s2)n1C1CC1. The zero-order valence-corrected chi connectivity index (χ0v) is 11.2. The monoisotopic (exact) mass is 284 g/mol. The maximum absolute atomic E-state index is 11.9. The van der Waals surface area contributed by atoms with Gasteiger partial charge in [0.05, 0.1) is 14.9 Å². The van der Waals surface area contributed by atoms with Gasteiger partial charge in [-0.2, -0.15) is 0 Å². The molecule has 0 atom stereocenters. The Morgan fingerprint density at radius 2 is 2.24 bits per heavy atom. The fraction of sp³-hybridized carbons (Fsp3) is 0.273. The van der Waals surface area contributed by atoms with Crippen LogP contribution in [0, 0.1) is 4.64 Å². The van der Waals surface area contributed by atoms with Crippen molar-refractivity contribution in [3.05, 3.63) is 37.7 Å². The lowest BCUT2D eigenvalue weighted by Crippen LogP contribution is -2.23. The fourth-order valence-corrected chi connectivity index (χ4v) is 3.10. The molecule has 0 spiro atoms. The molecule has 0 unspecified atom stereocenters. The van der Waals surface area contributed by atoms with Gasteiger partial charge in [-0.15, -0.1) is 11.3 Å². The number of rotatable bonds is 2. The molecule has 2 heterocycles. The fourth-order valence-electron chi connectivity index (χ4n) is 1.84.